The second-order valence-corrected chi connectivity index (χ2v) is 4.48. The molecule has 0 aliphatic rings. The molecular formula is C14H16N2O3. The van der Waals surface area contributed by atoms with Crippen LogP contribution in [0.15, 0.2) is 30.3 Å². The zero-order valence-corrected chi connectivity index (χ0v) is 11.1. The second-order valence-electron chi connectivity index (χ2n) is 4.48. The van der Waals surface area contributed by atoms with Crippen LogP contribution >= 0.6 is 0 Å². The van der Waals surface area contributed by atoms with Crippen molar-refractivity contribution in [3.63, 3.8) is 0 Å². The third-order valence-corrected chi connectivity index (χ3v) is 2.58. The Labute approximate surface area is 111 Å². The molecule has 0 unspecified atom stereocenters. The largest absolute Gasteiger partial charge is 0.477 e. The van der Waals surface area contributed by atoms with Crippen LogP contribution in [0, 0.1) is 6.92 Å². The average Bonchev–Trinajstić information content (AvgIpc) is 2.66. The molecule has 0 radical (unpaired) electrons. The van der Waals surface area contributed by atoms with E-state index in [1.165, 1.54) is 4.68 Å². The van der Waals surface area contributed by atoms with Crippen molar-refractivity contribution >= 4 is 5.97 Å². The van der Waals surface area contributed by atoms with Gasteiger partial charge >= 0.3 is 5.97 Å². The van der Waals surface area contributed by atoms with Crippen LogP contribution < -0.4 is 4.74 Å². The number of rotatable bonds is 4. The highest BCUT2D eigenvalue weighted by molar-refractivity contribution is 5.91. The van der Waals surface area contributed by atoms with Gasteiger partial charge in [-0.1, -0.05) is 18.2 Å². The van der Waals surface area contributed by atoms with E-state index in [-0.39, 0.29) is 17.5 Å². The highest BCUT2D eigenvalue weighted by Crippen LogP contribution is 2.26. The molecular weight excluding hydrogens is 244 g/mol. The number of benzene rings is 1. The predicted molar refractivity (Wildman–Crippen MR) is 71.0 cm³/mol. The Morgan fingerprint density at radius 2 is 1.95 bits per heavy atom. The van der Waals surface area contributed by atoms with E-state index in [1.807, 2.05) is 44.2 Å². The van der Waals surface area contributed by atoms with Crippen LogP contribution in [0.3, 0.4) is 0 Å². The first kappa shape index (κ1) is 13.1. The molecule has 0 bridgehead atoms. The van der Waals surface area contributed by atoms with Gasteiger partial charge in [0.25, 0.3) is 0 Å². The van der Waals surface area contributed by atoms with Crippen LogP contribution in [0.4, 0.5) is 0 Å². The van der Waals surface area contributed by atoms with E-state index >= 15 is 0 Å². The van der Waals surface area contributed by atoms with Gasteiger partial charge in [0, 0.05) is 0 Å². The zero-order chi connectivity index (χ0) is 14.0. The van der Waals surface area contributed by atoms with E-state index in [0.717, 1.165) is 5.69 Å². The summed E-state index contributed by atoms with van der Waals surface area (Å²) in [6.45, 7) is 5.36. The number of aromatic carboxylic acids is 1. The number of carboxylic acids is 1. The molecule has 1 aromatic carbocycles. The molecule has 0 amide bonds. The summed E-state index contributed by atoms with van der Waals surface area (Å²) in [5.74, 6) is -0.762. The van der Waals surface area contributed by atoms with Crippen LogP contribution in [0.5, 0.6) is 5.88 Å². The van der Waals surface area contributed by atoms with Gasteiger partial charge < -0.3 is 9.84 Å². The maximum Gasteiger partial charge on any atom is 0.343 e. The third kappa shape index (κ3) is 2.59. The fourth-order valence-electron chi connectivity index (χ4n) is 1.83. The lowest BCUT2D eigenvalue weighted by atomic mass is 10.2. The minimum absolute atomic E-state index is 0.109. The Morgan fingerprint density at radius 1 is 1.32 bits per heavy atom. The lowest BCUT2D eigenvalue weighted by molar-refractivity contribution is 0.0689. The van der Waals surface area contributed by atoms with Crippen molar-refractivity contribution in [1.82, 2.24) is 9.78 Å². The Kier molecular flexibility index (Phi) is 3.55. The number of nitrogens with zero attached hydrogens (tertiary/aromatic N) is 2. The number of hydrogen-bond acceptors (Lipinski definition) is 3. The molecule has 5 heteroatoms. The lowest BCUT2D eigenvalue weighted by Crippen LogP contribution is -2.12. The van der Waals surface area contributed by atoms with Crippen LogP contribution in [-0.2, 0) is 0 Å². The molecule has 0 atom stereocenters. The summed E-state index contributed by atoms with van der Waals surface area (Å²) >= 11 is 0. The lowest BCUT2D eigenvalue weighted by Gasteiger charge is -2.12. The van der Waals surface area contributed by atoms with Crippen molar-refractivity contribution in [3.8, 4) is 11.6 Å². The Morgan fingerprint density at radius 3 is 2.47 bits per heavy atom. The van der Waals surface area contributed by atoms with Crippen molar-refractivity contribution in [2.24, 2.45) is 0 Å². The van der Waals surface area contributed by atoms with Crippen LogP contribution in [0.25, 0.3) is 5.69 Å². The van der Waals surface area contributed by atoms with Gasteiger partial charge in [-0.15, -0.1) is 0 Å². The molecule has 0 aliphatic carbocycles. The SMILES string of the molecule is Cc1nn(-c2ccccc2)c(OC(C)C)c1C(=O)O. The molecule has 0 fully saturated rings. The van der Waals surface area contributed by atoms with E-state index in [4.69, 9.17) is 4.74 Å². The zero-order valence-electron chi connectivity index (χ0n) is 11.1. The maximum absolute atomic E-state index is 11.3. The number of carbonyl (C=O) groups is 1. The average molecular weight is 260 g/mol. The van der Waals surface area contributed by atoms with Gasteiger partial charge in [0.15, 0.2) is 0 Å². The fraction of sp³-hybridized carbons (Fsp3) is 0.286. The van der Waals surface area contributed by atoms with Crippen molar-refractivity contribution in [3.05, 3.63) is 41.6 Å². The summed E-state index contributed by atoms with van der Waals surface area (Å²) in [5, 5.41) is 13.6. The van der Waals surface area contributed by atoms with E-state index in [2.05, 4.69) is 5.10 Å². The second kappa shape index (κ2) is 5.14. The summed E-state index contributed by atoms with van der Waals surface area (Å²) < 4.78 is 7.16. The van der Waals surface area contributed by atoms with E-state index in [9.17, 15) is 9.90 Å². The first-order valence-electron chi connectivity index (χ1n) is 6.05. The van der Waals surface area contributed by atoms with Crippen molar-refractivity contribution in [2.75, 3.05) is 0 Å². The van der Waals surface area contributed by atoms with Crippen molar-refractivity contribution < 1.29 is 14.6 Å². The molecule has 100 valence electrons. The molecule has 0 saturated carbocycles. The van der Waals surface area contributed by atoms with E-state index in [1.54, 1.807) is 6.92 Å². The number of para-hydroxylation sites is 1. The first-order valence-corrected chi connectivity index (χ1v) is 6.05. The first-order chi connectivity index (χ1) is 9.00. The topological polar surface area (TPSA) is 64.4 Å². The van der Waals surface area contributed by atoms with Crippen molar-refractivity contribution in [2.45, 2.75) is 26.9 Å². The molecule has 0 aliphatic heterocycles. The number of aromatic nitrogens is 2. The van der Waals surface area contributed by atoms with E-state index < -0.39 is 5.97 Å². The molecule has 5 nitrogen and oxygen atoms in total. The molecule has 19 heavy (non-hydrogen) atoms. The van der Waals surface area contributed by atoms with Crippen LogP contribution in [-0.4, -0.2) is 27.0 Å². The number of ether oxygens (including phenoxy) is 1. The summed E-state index contributed by atoms with van der Waals surface area (Å²) in [4.78, 5) is 11.3. The smallest absolute Gasteiger partial charge is 0.343 e. The minimum atomic E-state index is -1.03. The summed E-state index contributed by atoms with van der Waals surface area (Å²) in [6, 6.07) is 9.33. The molecule has 2 rings (SSSR count). The maximum atomic E-state index is 11.3. The fourth-order valence-corrected chi connectivity index (χ4v) is 1.83. The standard InChI is InChI=1S/C14H16N2O3/c1-9(2)19-13-12(14(17)18)10(3)15-16(13)11-7-5-4-6-8-11/h4-9H,1-3H3,(H,17,18). The van der Waals surface area contributed by atoms with Crippen molar-refractivity contribution in [1.29, 1.82) is 0 Å². The Bertz CT molecular complexity index is 588. The molecule has 1 aromatic heterocycles. The van der Waals surface area contributed by atoms with Gasteiger partial charge in [-0.05, 0) is 32.9 Å². The van der Waals surface area contributed by atoms with E-state index in [0.29, 0.717) is 5.69 Å². The summed E-state index contributed by atoms with van der Waals surface area (Å²) in [5.41, 5.74) is 1.32. The van der Waals surface area contributed by atoms with Gasteiger partial charge in [-0.25, -0.2) is 9.48 Å². The number of carboxylic acid groups (broad SMARTS) is 1. The monoisotopic (exact) mass is 260 g/mol. The normalized spacial score (nSPS) is 10.7. The highest BCUT2D eigenvalue weighted by atomic mass is 16.5. The summed E-state index contributed by atoms with van der Waals surface area (Å²) in [7, 11) is 0. The van der Waals surface area contributed by atoms with Gasteiger partial charge in [-0.2, -0.15) is 5.10 Å². The molecule has 1 heterocycles. The molecule has 0 saturated heterocycles. The number of hydrogen-bond donors (Lipinski definition) is 1. The minimum Gasteiger partial charge on any atom is -0.477 e. The molecule has 0 spiro atoms. The van der Waals surface area contributed by atoms with Gasteiger partial charge in [0.2, 0.25) is 5.88 Å². The summed E-state index contributed by atoms with van der Waals surface area (Å²) in [6.07, 6.45) is -0.128. The number of aryl methyl sites for hydroxylation is 1. The van der Waals surface area contributed by atoms with Crippen LogP contribution in [0.1, 0.15) is 29.9 Å². The third-order valence-electron chi connectivity index (χ3n) is 2.58. The highest BCUT2D eigenvalue weighted by Gasteiger charge is 2.24. The predicted octanol–water partition coefficient (Wildman–Crippen LogP) is 2.67. The van der Waals surface area contributed by atoms with Gasteiger partial charge in [-0.3, -0.25) is 0 Å². The molecule has 2 aromatic rings. The van der Waals surface area contributed by atoms with Gasteiger partial charge in [0.1, 0.15) is 5.56 Å². The Balaban J connectivity index is 2.61. The van der Waals surface area contributed by atoms with Crippen LogP contribution in [0.2, 0.25) is 0 Å². The quantitative estimate of drug-likeness (QED) is 0.917. The van der Waals surface area contributed by atoms with Gasteiger partial charge in [0.05, 0.1) is 17.5 Å². The Hall–Kier alpha value is -2.30. The molecule has 1 N–H and O–H groups in total.